The van der Waals surface area contributed by atoms with E-state index in [1.165, 1.54) is 62.7 Å². The van der Waals surface area contributed by atoms with E-state index in [-0.39, 0.29) is 6.04 Å². The van der Waals surface area contributed by atoms with Gasteiger partial charge in [0, 0.05) is 29.8 Å². The maximum absolute atomic E-state index is 6.15. The maximum atomic E-state index is 6.15. The molecule has 0 radical (unpaired) electrons. The number of likely N-dealkylation sites (tertiary alicyclic amines) is 1. The first-order chi connectivity index (χ1) is 12.9. The lowest BCUT2D eigenvalue weighted by Gasteiger charge is -2.39. The molecule has 136 valence electrons. The molecule has 0 spiro atoms. The summed E-state index contributed by atoms with van der Waals surface area (Å²) < 4.78 is 6.15. The predicted molar refractivity (Wildman–Crippen MR) is 105 cm³/mol. The summed E-state index contributed by atoms with van der Waals surface area (Å²) in [5, 5.41) is 4.00. The van der Waals surface area contributed by atoms with Crippen LogP contribution in [0.25, 0.3) is 0 Å². The first kappa shape index (κ1) is 16.3. The zero-order valence-corrected chi connectivity index (χ0v) is 15.4. The molecule has 1 unspecified atom stereocenters. The van der Waals surface area contributed by atoms with Crippen LogP contribution in [0.5, 0.6) is 11.5 Å². The average molecular weight is 348 g/mol. The quantitative estimate of drug-likeness (QED) is 0.856. The second-order valence-electron chi connectivity index (χ2n) is 8.05. The van der Waals surface area contributed by atoms with Crippen molar-refractivity contribution >= 4 is 0 Å². The molecule has 1 aliphatic carbocycles. The predicted octanol–water partition coefficient (Wildman–Crippen LogP) is 4.88. The number of nitrogens with zero attached hydrogens (tertiary/aromatic N) is 1. The second-order valence-corrected chi connectivity index (χ2v) is 8.05. The number of para-hydroxylation sites is 2. The number of ether oxygens (including phenoxy) is 1. The summed E-state index contributed by atoms with van der Waals surface area (Å²) in [6.07, 6.45) is 8.21. The third-order valence-corrected chi connectivity index (χ3v) is 6.38. The van der Waals surface area contributed by atoms with Crippen LogP contribution in [-0.4, -0.2) is 30.1 Å². The summed E-state index contributed by atoms with van der Waals surface area (Å²) in [5.41, 5.74) is 2.54. The van der Waals surface area contributed by atoms with Crippen LogP contribution in [0.2, 0.25) is 0 Å². The highest BCUT2D eigenvalue weighted by Gasteiger charge is 2.32. The standard InChI is InChI=1S/C23H28N2O/c1-2-10-18(9-1)25-15-7-8-17(16-25)24-23-19-11-3-5-13-21(19)26-22-14-6-4-12-20(22)23/h3-6,11-14,17-18,23-24H,1-2,7-10,15-16H2. The van der Waals surface area contributed by atoms with Gasteiger partial charge < -0.3 is 10.1 Å². The zero-order chi connectivity index (χ0) is 17.3. The Morgan fingerprint density at radius 3 is 2.15 bits per heavy atom. The summed E-state index contributed by atoms with van der Waals surface area (Å²) in [6, 6.07) is 18.6. The molecule has 2 aromatic rings. The van der Waals surface area contributed by atoms with Gasteiger partial charge in [-0.1, -0.05) is 49.2 Å². The number of hydrogen-bond acceptors (Lipinski definition) is 3. The minimum absolute atomic E-state index is 0.227. The number of benzene rings is 2. The van der Waals surface area contributed by atoms with Crippen molar-refractivity contribution in [1.82, 2.24) is 10.2 Å². The van der Waals surface area contributed by atoms with E-state index in [0.29, 0.717) is 6.04 Å². The molecule has 0 amide bonds. The molecule has 5 rings (SSSR count). The van der Waals surface area contributed by atoms with Crippen LogP contribution in [0.15, 0.2) is 48.5 Å². The fourth-order valence-corrected chi connectivity index (χ4v) is 5.07. The van der Waals surface area contributed by atoms with Gasteiger partial charge in [-0.25, -0.2) is 0 Å². The van der Waals surface area contributed by atoms with Gasteiger partial charge >= 0.3 is 0 Å². The van der Waals surface area contributed by atoms with Crippen molar-refractivity contribution < 1.29 is 4.74 Å². The number of nitrogens with one attached hydrogen (secondary N) is 1. The number of hydrogen-bond donors (Lipinski definition) is 1. The summed E-state index contributed by atoms with van der Waals surface area (Å²) >= 11 is 0. The van der Waals surface area contributed by atoms with Gasteiger partial charge in [-0.05, 0) is 44.4 Å². The molecule has 0 aromatic heterocycles. The van der Waals surface area contributed by atoms with Gasteiger partial charge in [0.05, 0.1) is 6.04 Å². The highest BCUT2D eigenvalue weighted by atomic mass is 16.5. The maximum Gasteiger partial charge on any atom is 0.132 e. The lowest BCUT2D eigenvalue weighted by Crippen LogP contribution is -2.50. The fourth-order valence-electron chi connectivity index (χ4n) is 5.07. The Kier molecular flexibility index (Phi) is 4.43. The van der Waals surface area contributed by atoms with Crippen molar-refractivity contribution in [1.29, 1.82) is 0 Å². The molecule has 0 bridgehead atoms. The van der Waals surface area contributed by atoms with Crippen molar-refractivity contribution in [2.24, 2.45) is 0 Å². The number of piperidine rings is 1. The van der Waals surface area contributed by atoms with E-state index in [1.54, 1.807) is 0 Å². The average Bonchev–Trinajstić information content (AvgIpc) is 3.23. The van der Waals surface area contributed by atoms with E-state index in [4.69, 9.17) is 4.74 Å². The Morgan fingerprint density at radius 1 is 0.808 bits per heavy atom. The van der Waals surface area contributed by atoms with E-state index in [2.05, 4.69) is 58.7 Å². The summed E-state index contributed by atoms with van der Waals surface area (Å²) in [6.45, 7) is 2.47. The third kappa shape index (κ3) is 3.04. The number of rotatable bonds is 3. The van der Waals surface area contributed by atoms with Gasteiger partial charge in [-0.2, -0.15) is 0 Å². The monoisotopic (exact) mass is 348 g/mol. The summed E-state index contributed by atoms with van der Waals surface area (Å²) in [5.74, 6) is 1.99. The lowest BCUT2D eigenvalue weighted by molar-refractivity contribution is 0.135. The Morgan fingerprint density at radius 2 is 1.46 bits per heavy atom. The highest BCUT2D eigenvalue weighted by Crippen LogP contribution is 2.43. The molecule has 1 atom stereocenters. The molecule has 1 saturated heterocycles. The third-order valence-electron chi connectivity index (χ3n) is 6.38. The lowest BCUT2D eigenvalue weighted by atomic mass is 9.92. The van der Waals surface area contributed by atoms with Gasteiger partial charge in [0.25, 0.3) is 0 Å². The molecule has 2 fully saturated rings. The fraction of sp³-hybridized carbons (Fsp3) is 0.478. The van der Waals surface area contributed by atoms with Gasteiger partial charge in [0.15, 0.2) is 0 Å². The van der Waals surface area contributed by atoms with Crippen LogP contribution in [0.1, 0.15) is 55.7 Å². The van der Waals surface area contributed by atoms with E-state index in [9.17, 15) is 0 Å². The smallest absolute Gasteiger partial charge is 0.132 e. The van der Waals surface area contributed by atoms with Crippen molar-refractivity contribution in [3.05, 3.63) is 59.7 Å². The molecule has 2 aromatic carbocycles. The molecule has 3 aliphatic rings. The van der Waals surface area contributed by atoms with Gasteiger partial charge in [0.1, 0.15) is 11.5 Å². The number of fused-ring (bicyclic) bond motifs is 2. The molecular formula is C23H28N2O. The van der Waals surface area contributed by atoms with Crippen molar-refractivity contribution in [2.45, 2.75) is 56.7 Å². The molecule has 2 aliphatic heterocycles. The largest absolute Gasteiger partial charge is 0.457 e. The van der Waals surface area contributed by atoms with Gasteiger partial charge in [-0.15, -0.1) is 0 Å². The SMILES string of the molecule is c1ccc2c(c1)Oc1ccccc1C2NC1CCCN(C2CCCC2)C1. The molecule has 2 heterocycles. The Labute approximate surface area is 156 Å². The second kappa shape index (κ2) is 7.05. The first-order valence-corrected chi connectivity index (χ1v) is 10.2. The van der Waals surface area contributed by atoms with E-state index >= 15 is 0 Å². The molecule has 26 heavy (non-hydrogen) atoms. The van der Waals surface area contributed by atoms with E-state index in [0.717, 1.165) is 17.5 Å². The normalized spacial score (nSPS) is 24.1. The van der Waals surface area contributed by atoms with Crippen LogP contribution in [-0.2, 0) is 0 Å². The van der Waals surface area contributed by atoms with Gasteiger partial charge in [-0.3, -0.25) is 4.90 Å². The molecule has 3 heteroatoms. The Hall–Kier alpha value is -1.84. The van der Waals surface area contributed by atoms with Crippen LogP contribution in [0, 0.1) is 0 Å². The van der Waals surface area contributed by atoms with Crippen LogP contribution in [0.4, 0.5) is 0 Å². The van der Waals surface area contributed by atoms with E-state index in [1.807, 2.05) is 0 Å². The van der Waals surface area contributed by atoms with Crippen molar-refractivity contribution in [2.75, 3.05) is 13.1 Å². The Balaban J connectivity index is 1.39. The van der Waals surface area contributed by atoms with Crippen molar-refractivity contribution in [3.8, 4) is 11.5 Å². The minimum Gasteiger partial charge on any atom is -0.457 e. The van der Waals surface area contributed by atoms with Crippen LogP contribution in [0.3, 0.4) is 0 Å². The first-order valence-electron chi connectivity index (χ1n) is 10.2. The summed E-state index contributed by atoms with van der Waals surface area (Å²) in [4.78, 5) is 2.76. The molecular weight excluding hydrogens is 320 g/mol. The highest BCUT2D eigenvalue weighted by molar-refractivity contribution is 5.52. The molecule has 3 nitrogen and oxygen atoms in total. The van der Waals surface area contributed by atoms with Crippen LogP contribution < -0.4 is 10.1 Å². The summed E-state index contributed by atoms with van der Waals surface area (Å²) in [7, 11) is 0. The minimum atomic E-state index is 0.227. The van der Waals surface area contributed by atoms with E-state index < -0.39 is 0 Å². The molecule has 1 saturated carbocycles. The Bertz CT molecular complexity index is 723. The van der Waals surface area contributed by atoms with Crippen LogP contribution >= 0.6 is 0 Å². The van der Waals surface area contributed by atoms with Gasteiger partial charge in [0.2, 0.25) is 0 Å². The van der Waals surface area contributed by atoms with Crippen molar-refractivity contribution in [3.63, 3.8) is 0 Å². The zero-order valence-electron chi connectivity index (χ0n) is 15.4. The molecule has 1 N–H and O–H groups in total. The topological polar surface area (TPSA) is 24.5 Å².